The Morgan fingerprint density at radius 1 is 1.19 bits per heavy atom. The van der Waals surface area contributed by atoms with E-state index in [-0.39, 0.29) is 12.2 Å². The minimum Gasteiger partial charge on any atom is -0.483 e. The highest BCUT2D eigenvalue weighted by Gasteiger charge is 2.30. The number of hydrogen-bond acceptors (Lipinski definition) is 7. The quantitative estimate of drug-likeness (QED) is 0.294. The summed E-state index contributed by atoms with van der Waals surface area (Å²) in [6.45, 7) is 4.34. The van der Waals surface area contributed by atoms with Gasteiger partial charge in [-0.05, 0) is 63.3 Å². The fraction of sp³-hybridized carbons (Fsp3) is 0.385. The van der Waals surface area contributed by atoms with Crippen molar-refractivity contribution in [2.75, 3.05) is 6.79 Å². The SMILES string of the molecule is CC(C)(C)C(=O)OCO[C@H](O)c1sc2cccc(C3CC3)c2c1COc1c(F)cc(C(N)=O)cc1F. The van der Waals surface area contributed by atoms with Crippen LogP contribution in [0.4, 0.5) is 8.78 Å². The van der Waals surface area contributed by atoms with Gasteiger partial charge in [-0.25, -0.2) is 8.78 Å². The topological polar surface area (TPSA) is 108 Å². The van der Waals surface area contributed by atoms with Crippen molar-refractivity contribution >= 4 is 33.3 Å². The maximum absolute atomic E-state index is 14.5. The van der Waals surface area contributed by atoms with Crippen molar-refractivity contribution in [2.24, 2.45) is 11.1 Å². The number of esters is 1. The largest absolute Gasteiger partial charge is 0.483 e. The third-order valence-electron chi connectivity index (χ3n) is 5.79. The number of carbonyl (C=O) groups excluding carboxylic acids is 2. The normalized spacial score (nSPS) is 14.6. The van der Waals surface area contributed by atoms with Crippen LogP contribution >= 0.6 is 11.3 Å². The summed E-state index contributed by atoms with van der Waals surface area (Å²) in [5, 5.41) is 11.6. The van der Waals surface area contributed by atoms with Crippen molar-refractivity contribution < 1.29 is 37.7 Å². The standard InChI is InChI=1S/C26H27F2NO6S/c1-26(2,3)25(32)35-12-34-24(31)22-16(20-15(13-7-8-13)5-4-6-19(20)36-22)11-33-21-17(27)9-14(23(29)30)10-18(21)28/h4-6,9-10,13,24,31H,7-8,11-12H2,1-3H3,(H2,29,30)/t24-/m0/s1. The van der Waals surface area contributed by atoms with Gasteiger partial charge in [0.25, 0.3) is 0 Å². The number of rotatable bonds is 9. The number of nitrogens with two attached hydrogens (primary N) is 1. The van der Waals surface area contributed by atoms with E-state index in [9.17, 15) is 23.5 Å². The zero-order valence-corrected chi connectivity index (χ0v) is 20.9. The van der Waals surface area contributed by atoms with E-state index in [2.05, 4.69) is 0 Å². The van der Waals surface area contributed by atoms with Crippen LogP contribution in [-0.4, -0.2) is 23.8 Å². The third-order valence-corrected chi connectivity index (χ3v) is 7.02. The second kappa shape index (κ2) is 10.1. The average Bonchev–Trinajstić information content (AvgIpc) is 3.58. The maximum Gasteiger partial charge on any atom is 0.313 e. The number of ether oxygens (including phenoxy) is 3. The maximum atomic E-state index is 14.5. The van der Waals surface area contributed by atoms with E-state index in [0.717, 1.165) is 40.6 Å². The van der Waals surface area contributed by atoms with Crippen molar-refractivity contribution in [2.45, 2.75) is 52.4 Å². The Bertz CT molecular complexity index is 1290. The van der Waals surface area contributed by atoms with Crippen molar-refractivity contribution in [1.29, 1.82) is 0 Å². The van der Waals surface area contributed by atoms with Crippen LogP contribution in [0.3, 0.4) is 0 Å². The van der Waals surface area contributed by atoms with Crippen LogP contribution in [0, 0.1) is 17.0 Å². The molecule has 0 radical (unpaired) electrons. The summed E-state index contributed by atoms with van der Waals surface area (Å²) >= 11 is 1.26. The summed E-state index contributed by atoms with van der Waals surface area (Å²) in [4.78, 5) is 23.7. The molecule has 0 spiro atoms. The molecule has 1 aliphatic carbocycles. The highest BCUT2D eigenvalue weighted by molar-refractivity contribution is 7.19. The first-order valence-electron chi connectivity index (χ1n) is 11.4. The number of thiophene rings is 1. The second-order valence-electron chi connectivity index (χ2n) is 9.68. The molecule has 1 heterocycles. The number of fused-ring (bicyclic) bond motifs is 1. The van der Waals surface area contributed by atoms with E-state index in [0.29, 0.717) is 16.4 Å². The number of hydrogen-bond donors (Lipinski definition) is 2. The minimum atomic E-state index is -1.47. The van der Waals surface area contributed by atoms with E-state index in [1.165, 1.54) is 11.3 Å². The zero-order valence-electron chi connectivity index (χ0n) is 20.1. The molecule has 3 N–H and O–H groups in total. The van der Waals surface area contributed by atoms with Crippen molar-refractivity contribution in [3.63, 3.8) is 0 Å². The molecule has 3 aromatic rings. The molecule has 36 heavy (non-hydrogen) atoms. The molecule has 192 valence electrons. The number of primary amides is 1. The van der Waals surface area contributed by atoms with Crippen molar-refractivity contribution in [3.05, 3.63) is 63.5 Å². The molecule has 1 aliphatic rings. The van der Waals surface area contributed by atoms with Crippen LogP contribution in [0.25, 0.3) is 10.1 Å². The highest BCUT2D eigenvalue weighted by atomic mass is 32.1. The Kier molecular flexibility index (Phi) is 7.31. The van der Waals surface area contributed by atoms with Crippen molar-refractivity contribution in [1.82, 2.24) is 0 Å². The predicted octanol–water partition coefficient (Wildman–Crippen LogP) is 5.29. The van der Waals surface area contributed by atoms with E-state index in [1.807, 2.05) is 18.2 Å². The Morgan fingerprint density at radius 3 is 2.44 bits per heavy atom. The van der Waals surface area contributed by atoms with Crippen molar-refractivity contribution in [3.8, 4) is 5.75 Å². The van der Waals surface area contributed by atoms with Gasteiger partial charge in [0.05, 0.1) is 10.3 Å². The van der Waals surface area contributed by atoms with Gasteiger partial charge < -0.3 is 25.1 Å². The van der Waals surface area contributed by atoms with Gasteiger partial charge in [-0.2, -0.15) is 0 Å². The van der Waals surface area contributed by atoms with Crippen LogP contribution in [-0.2, 0) is 20.9 Å². The first kappa shape index (κ1) is 26.0. The Labute approximate surface area is 210 Å². The monoisotopic (exact) mass is 519 g/mol. The molecule has 4 rings (SSSR count). The fourth-order valence-electron chi connectivity index (χ4n) is 3.77. The van der Waals surface area contributed by atoms with Gasteiger partial charge in [0.15, 0.2) is 30.5 Å². The van der Waals surface area contributed by atoms with Crippen LogP contribution in [0.1, 0.15) is 72.2 Å². The number of halogens is 2. The second-order valence-corrected chi connectivity index (χ2v) is 10.8. The number of amides is 1. The summed E-state index contributed by atoms with van der Waals surface area (Å²) in [6, 6.07) is 7.41. The lowest BCUT2D eigenvalue weighted by molar-refractivity contribution is -0.192. The van der Waals surface area contributed by atoms with E-state index < -0.39 is 47.8 Å². The first-order chi connectivity index (χ1) is 17.0. The molecule has 1 saturated carbocycles. The van der Waals surface area contributed by atoms with Gasteiger partial charge in [0.1, 0.15) is 6.61 Å². The van der Waals surface area contributed by atoms with Crippen LogP contribution < -0.4 is 10.5 Å². The molecule has 0 aliphatic heterocycles. The lowest BCUT2D eigenvalue weighted by Gasteiger charge is -2.18. The summed E-state index contributed by atoms with van der Waals surface area (Å²) in [5.74, 6) is -3.91. The number of benzene rings is 2. The Balaban J connectivity index is 1.64. The van der Waals surface area contributed by atoms with Gasteiger partial charge in [-0.1, -0.05) is 12.1 Å². The van der Waals surface area contributed by atoms with E-state index in [4.69, 9.17) is 19.9 Å². The molecule has 10 heteroatoms. The molecule has 7 nitrogen and oxygen atoms in total. The zero-order chi connectivity index (χ0) is 26.2. The smallest absolute Gasteiger partial charge is 0.313 e. The molecule has 0 saturated heterocycles. The molecule has 0 bridgehead atoms. The molecular formula is C26H27F2NO6S. The molecule has 1 aromatic heterocycles. The lowest BCUT2D eigenvalue weighted by Crippen LogP contribution is -2.24. The van der Waals surface area contributed by atoms with Gasteiger partial charge in [0.2, 0.25) is 5.91 Å². The molecule has 1 atom stereocenters. The molecule has 1 amide bonds. The number of aliphatic hydroxyl groups is 1. The van der Waals surface area contributed by atoms with Gasteiger partial charge >= 0.3 is 5.97 Å². The molecule has 1 fully saturated rings. The number of aliphatic hydroxyl groups excluding tert-OH is 1. The summed E-state index contributed by atoms with van der Waals surface area (Å²) < 4.78 is 45.9. The van der Waals surface area contributed by atoms with Gasteiger partial charge in [-0.3, -0.25) is 9.59 Å². The van der Waals surface area contributed by atoms with Gasteiger partial charge in [0, 0.05) is 21.2 Å². The third kappa shape index (κ3) is 5.50. The Morgan fingerprint density at radius 2 is 1.86 bits per heavy atom. The highest BCUT2D eigenvalue weighted by Crippen LogP contribution is 2.47. The predicted molar refractivity (Wildman–Crippen MR) is 129 cm³/mol. The fourth-order valence-corrected chi connectivity index (χ4v) is 4.94. The lowest BCUT2D eigenvalue weighted by atomic mass is 9.98. The summed E-state index contributed by atoms with van der Waals surface area (Å²) in [5.41, 5.74) is 5.65. The van der Waals surface area contributed by atoms with E-state index in [1.54, 1.807) is 20.8 Å². The van der Waals surface area contributed by atoms with E-state index >= 15 is 0 Å². The molecule has 0 unspecified atom stereocenters. The van der Waals surface area contributed by atoms with Crippen LogP contribution in [0.15, 0.2) is 30.3 Å². The summed E-state index contributed by atoms with van der Waals surface area (Å²) in [7, 11) is 0. The number of carbonyl (C=O) groups is 2. The van der Waals surface area contributed by atoms with Crippen LogP contribution in [0.2, 0.25) is 0 Å². The minimum absolute atomic E-state index is 0.273. The Hall–Kier alpha value is -3.08. The van der Waals surface area contributed by atoms with Gasteiger partial charge in [-0.15, -0.1) is 11.3 Å². The average molecular weight is 520 g/mol. The first-order valence-corrected chi connectivity index (χ1v) is 12.2. The van der Waals surface area contributed by atoms with Crippen LogP contribution in [0.5, 0.6) is 5.75 Å². The summed E-state index contributed by atoms with van der Waals surface area (Å²) in [6.07, 6.45) is 0.571. The molecule has 2 aromatic carbocycles. The molecular weight excluding hydrogens is 492 g/mol.